The Morgan fingerprint density at radius 3 is 2.79 bits per heavy atom. The van der Waals surface area contributed by atoms with Gasteiger partial charge in [-0.1, -0.05) is 18.2 Å². The van der Waals surface area contributed by atoms with Gasteiger partial charge >= 0.3 is 0 Å². The van der Waals surface area contributed by atoms with Crippen LogP contribution in [0.1, 0.15) is 0 Å². The lowest BCUT2D eigenvalue weighted by atomic mass is 10.1. The smallest absolute Gasteiger partial charge is 0.233 e. The van der Waals surface area contributed by atoms with Gasteiger partial charge in [-0.05, 0) is 18.2 Å². The number of fused-ring (bicyclic) bond motifs is 4. The molecular weight excluding hydrogens is 240 g/mol. The highest BCUT2D eigenvalue weighted by Gasteiger charge is 2.16. The van der Waals surface area contributed by atoms with Crippen molar-refractivity contribution in [1.82, 2.24) is 9.97 Å². The van der Waals surface area contributed by atoms with Crippen molar-refractivity contribution in [1.29, 1.82) is 0 Å². The van der Waals surface area contributed by atoms with E-state index in [9.17, 15) is 0 Å². The zero-order valence-electron chi connectivity index (χ0n) is 10.3. The number of para-hydroxylation sites is 1. The molecule has 0 bridgehead atoms. The average molecular weight is 250 g/mol. The predicted molar refractivity (Wildman–Crippen MR) is 73.4 cm³/mol. The molecule has 0 atom stereocenters. The number of hydrogen-bond donors (Lipinski definition) is 0. The Labute approximate surface area is 108 Å². The van der Waals surface area contributed by atoms with E-state index in [4.69, 9.17) is 9.15 Å². The number of nitrogens with zero attached hydrogens (tertiary/aromatic N) is 2. The fourth-order valence-corrected chi connectivity index (χ4v) is 2.44. The maximum atomic E-state index is 5.77. The van der Waals surface area contributed by atoms with Gasteiger partial charge in [-0.25, -0.2) is 4.98 Å². The van der Waals surface area contributed by atoms with Crippen LogP contribution >= 0.6 is 0 Å². The minimum absolute atomic E-state index is 0.559. The molecule has 0 aliphatic rings. The van der Waals surface area contributed by atoms with E-state index in [1.807, 2.05) is 36.4 Å². The third-order valence-electron chi connectivity index (χ3n) is 3.25. The first-order chi connectivity index (χ1) is 9.38. The Morgan fingerprint density at radius 2 is 1.89 bits per heavy atom. The number of hydrogen-bond acceptors (Lipinski definition) is 4. The van der Waals surface area contributed by atoms with E-state index in [-0.39, 0.29) is 0 Å². The van der Waals surface area contributed by atoms with Crippen LogP contribution < -0.4 is 4.74 Å². The molecule has 0 aliphatic carbocycles. The molecule has 0 N–H and O–H groups in total. The number of ether oxygens (including phenoxy) is 1. The van der Waals surface area contributed by atoms with Crippen molar-refractivity contribution in [3.63, 3.8) is 0 Å². The third-order valence-corrected chi connectivity index (χ3v) is 3.25. The fraction of sp³-hybridized carbons (Fsp3) is 0.0667. The van der Waals surface area contributed by atoms with Crippen LogP contribution in [0.5, 0.6) is 5.75 Å². The summed E-state index contributed by atoms with van der Waals surface area (Å²) in [7, 11) is 1.66. The minimum atomic E-state index is 0.559. The Balaban J connectivity index is 2.33. The van der Waals surface area contributed by atoms with Crippen molar-refractivity contribution in [3.05, 3.63) is 42.6 Å². The average Bonchev–Trinajstić information content (AvgIpc) is 2.82. The van der Waals surface area contributed by atoms with Crippen LogP contribution in [0, 0.1) is 0 Å². The van der Waals surface area contributed by atoms with Crippen molar-refractivity contribution >= 4 is 33.1 Å². The van der Waals surface area contributed by atoms with Gasteiger partial charge in [0.05, 0.1) is 17.9 Å². The lowest BCUT2D eigenvalue weighted by Crippen LogP contribution is -1.90. The third kappa shape index (κ3) is 1.34. The van der Waals surface area contributed by atoms with Crippen LogP contribution in [0.2, 0.25) is 0 Å². The zero-order valence-corrected chi connectivity index (χ0v) is 10.3. The van der Waals surface area contributed by atoms with Gasteiger partial charge < -0.3 is 9.15 Å². The minimum Gasteiger partial charge on any atom is -0.495 e. The molecule has 1 aromatic carbocycles. The van der Waals surface area contributed by atoms with E-state index in [0.717, 1.165) is 27.5 Å². The fourth-order valence-electron chi connectivity index (χ4n) is 2.44. The van der Waals surface area contributed by atoms with Crippen LogP contribution in [0.3, 0.4) is 0 Å². The molecular formula is C15H10N2O2. The van der Waals surface area contributed by atoms with Crippen LogP contribution in [-0.4, -0.2) is 17.1 Å². The van der Waals surface area contributed by atoms with Crippen molar-refractivity contribution < 1.29 is 9.15 Å². The highest BCUT2D eigenvalue weighted by molar-refractivity contribution is 6.12. The lowest BCUT2D eigenvalue weighted by Gasteiger charge is -2.05. The second-order valence-electron chi connectivity index (χ2n) is 4.30. The van der Waals surface area contributed by atoms with Gasteiger partial charge in [0.1, 0.15) is 11.3 Å². The Kier molecular flexibility index (Phi) is 2.00. The monoisotopic (exact) mass is 250 g/mol. The Bertz CT molecular complexity index is 912. The quantitative estimate of drug-likeness (QED) is 0.518. The number of rotatable bonds is 1. The van der Waals surface area contributed by atoms with Crippen molar-refractivity contribution in [2.75, 3.05) is 7.11 Å². The molecule has 0 radical (unpaired) electrons. The number of benzene rings is 1. The second kappa shape index (κ2) is 3.68. The van der Waals surface area contributed by atoms with Crippen LogP contribution in [0.25, 0.3) is 33.1 Å². The molecule has 0 spiro atoms. The van der Waals surface area contributed by atoms with Crippen LogP contribution in [-0.2, 0) is 0 Å². The Hall–Kier alpha value is -2.62. The summed E-state index contributed by atoms with van der Waals surface area (Å²) in [5.74, 6) is 0.762. The number of methoxy groups -OCH3 is 1. The molecule has 0 amide bonds. The summed E-state index contributed by atoms with van der Waals surface area (Å²) in [5.41, 5.74) is 1.99. The Morgan fingerprint density at radius 1 is 1.05 bits per heavy atom. The summed E-state index contributed by atoms with van der Waals surface area (Å²) < 4.78 is 11.3. The normalized spacial score (nSPS) is 11.4. The first-order valence-electron chi connectivity index (χ1n) is 5.98. The van der Waals surface area contributed by atoms with Gasteiger partial charge in [0.15, 0.2) is 5.65 Å². The molecule has 4 nitrogen and oxygen atoms in total. The van der Waals surface area contributed by atoms with Gasteiger partial charge in [-0.15, -0.1) is 0 Å². The van der Waals surface area contributed by atoms with E-state index < -0.39 is 0 Å². The largest absolute Gasteiger partial charge is 0.495 e. The maximum Gasteiger partial charge on any atom is 0.233 e. The molecule has 3 aromatic heterocycles. The summed E-state index contributed by atoms with van der Waals surface area (Å²) in [5, 5.41) is 2.80. The molecule has 19 heavy (non-hydrogen) atoms. The van der Waals surface area contributed by atoms with Crippen LogP contribution in [0.15, 0.2) is 47.0 Å². The first-order valence-corrected chi connectivity index (χ1v) is 5.98. The molecule has 0 fully saturated rings. The summed E-state index contributed by atoms with van der Waals surface area (Å²) in [6.45, 7) is 0. The maximum absolute atomic E-state index is 5.77. The molecule has 92 valence electrons. The molecule has 0 saturated carbocycles. The molecule has 4 heteroatoms. The summed E-state index contributed by atoms with van der Waals surface area (Å²) in [6, 6.07) is 11.7. The highest BCUT2D eigenvalue weighted by Crippen LogP contribution is 2.38. The van der Waals surface area contributed by atoms with E-state index in [0.29, 0.717) is 11.4 Å². The number of pyridine rings is 2. The van der Waals surface area contributed by atoms with Gasteiger partial charge in [-0.2, -0.15) is 4.98 Å². The molecule has 4 rings (SSSR count). The predicted octanol–water partition coefficient (Wildman–Crippen LogP) is 3.54. The highest BCUT2D eigenvalue weighted by atomic mass is 16.5. The van der Waals surface area contributed by atoms with E-state index in [2.05, 4.69) is 9.97 Å². The van der Waals surface area contributed by atoms with Crippen molar-refractivity contribution in [3.8, 4) is 5.75 Å². The van der Waals surface area contributed by atoms with E-state index in [1.165, 1.54) is 0 Å². The van der Waals surface area contributed by atoms with Gasteiger partial charge in [-0.3, -0.25) is 0 Å². The van der Waals surface area contributed by atoms with Crippen molar-refractivity contribution in [2.24, 2.45) is 0 Å². The molecule has 3 heterocycles. The second-order valence-corrected chi connectivity index (χ2v) is 4.30. The van der Waals surface area contributed by atoms with Gasteiger partial charge in [0.2, 0.25) is 5.71 Å². The molecule has 0 unspecified atom stereocenters. The number of aromatic nitrogens is 2. The van der Waals surface area contributed by atoms with Crippen LogP contribution in [0.4, 0.5) is 0 Å². The van der Waals surface area contributed by atoms with E-state index in [1.54, 1.807) is 13.3 Å². The standard InChI is InChI=1S/C15H10N2O2/c1-18-13-10-6-4-8-16-14(10)17-15-12(13)9-5-2-3-7-11(9)19-15/h2-8H,1H3. The number of furan rings is 1. The molecule has 4 aromatic rings. The first kappa shape index (κ1) is 10.3. The SMILES string of the molecule is COc1c2cccnc2nc2oc3ccccc3c12. The molecule has 0 aliphatic heterocycles. The zero-order chi connectivity index (χ0) is 12.8. The summed E-state index contributed by atoms with van der Waals surface area (Å²) in [6.07, 6.45) is 1.71. The van der Waals surface area contributed by atoms with Crippen molar-refractivity contribution in [2.45, 2.75) is 0 Å². The van der Waals surface area contributed by atoms with Gasteiger partial charge in [0, 0.05) is 11.6 Å². The summed E-state index contributed by atoms with van der Waals surface area (Å²) >= 11 is 0. The van der Waals surface area contributed by atoms with E-state index >= 15 is 0 Å². The summed E-state index contributed by atoms with van der Waals surface area (Å²) in [4.78, 5) is 8.72. The lowest BCUT2D eigenvalue weighted by molar-refractivity contribution is 0.424. The topological polar surface area (TPSA) is 48.2 Å². The molecule has 0 saturated heterocycles. The van der Waals surface area contributed by atoms with Gasteiger partial charge in [0.25, 0.3) is 0 Å².